The molecule has 8 aromatic rings. The standard InChI is InChI=1S/C49H51F2N11O5/c1-9-48(7)22-35-34(42(62(55-35)32-16-26(2)39(50)27(3)17-32)59-14-13-58(46(59)65)37-11-10-36-33(40(37)51)24-53-57(36)8)25-60(48)43(63)38-19-30-18-31(29-12-15-66-47(5,6)21-29)23-52-41(30)61(38)49(20-28(49)4)44-54-45(64)67-56-44/h10-11,13-14,16-19,23-24,28-29H,9,12,15,20-22,25H2,1-8H3,(H,54,56,64)/t28-,29+,48+,49-/m0/s1. The van der Waals surface area contributed by atoms with E-state index in [9.17, 15) is 9.59 Å². The number of carbonyl (C=O) groups is 1. The molecule has 18 heteroatoms. The first kappa shape index (κ1) is 42.7. The highest BCUT2D eigenvalue weighted by Crippen LogP contribution is 2.56. The van der Waals surface area contributed by atoms with Gasteiger partial charge in [0.15, 0.2) is 11.6 Å². The summed E-state index contributed by atoms with van der Waals surface area (Å²) in [5, 5.41) is 14.6. The van der Waals surface area contributed by atoms with E-state index in [1.807, 2.05) is 42.5 Å². The molecular weight excluding hydrogens is 861 g/mol. The number of aryl methyl sites for hydroxylation is 3. The molecule has 0 spiro atoms. The average molecular weight is 912 g/mol. The third kappa shape index (κ3) is 6.42. The average Bonchev–Trinajstić information content (AvgIpc) is 3.91. The minimum atomic E-state index is -0.934. The number of halogens is 2. The Morgan fingerprint density at radius 2 is 1.73 bits per heavy atom. The minimum absolute atomic E-state index is 0.0291. The van der Waals surface area contributed by atoms with Gasteiger partial charge in [-0.3, -0.25) is 28.1 Å². The number of imidazole rings is 1. The third-order valence-corrected chi connectivity index (χ3v) is 14.9. The number of H-pyrrole nitrogens is 1. The Kier molecular flexibility index (Phi) is 9.41. The molecule has 1 saturated heterocycles. The number of hydrogen-bond donors (Lipinski definition) is 1. The maximum absolute atomic E-state index is 16.2. The molecule has 2 fully saturated rings. The van der Waals surface area contributed by atoms with E-state index >= 15 is 13.6 Å². The fourth-order valence-corrected chi connectivity index (χ4v) is 10.9. The lowest BCUT2D eigenvalue weighted by Gasteiger charge is -2.44. The van der Waals surface area contributed by atoms with Crippen molar-refractivity contribution in [2.75, 3.05) is 6.61 Å². The van der Waals surface area contributed by atoms with E-state index in [-0.39, 0.29) is 46.8 Å². The molecule has 1 aliphatic carbocycles. The molecule has 0 unspecified atom stereocenters. The summed E-state index contributed by atoms with van der Waals surface area (Å²) in [6, 6.07) is 10.6. The van der Waals surface area contributed by atoms with E-state index in [0.717, 1.165) is 23.8 Å². The number of aromatic nitrogens is 10. The van der Waals surface area contributed by atoms with Crippen LogP contribution in [0.3, 0.4) is 0 Å². The van der Waals surface area contributed by atoms with Crippen molar-refractivity contribution in [2.24, 2.45) is 13.0 Å². The summed E-state index contributed by atoms with van der Waals surface area (Å²) >= 11 is 0. The normalized spacial score (nSPS) is 22.5. The summed E-state index contributed by atoms with van der Waals surface area (Å²) in [6.07, 6.45) is 9.44. The Balaban J connectivity index is 1.08. The van der Waals surface area contributed by atoms with Gasteiger partial charge in [0.05, 0.1) is 46.3 Å². The van der Waals surface area contributed by atoms with Crippen LogP contribution >= 0.6 is 0 Å². The zero-order chi connectivity index (χ0) is 47.1. The lowest BCUT2D eigenvalue weighted by atomic mass is 9.84. The van der Waals surface area contributed by atoms with Gasteiger partial charge in [0, 0.05) is 55.2 Å². The fraction of sp³-hybridized carbons (Fsp3) is 0.408. The molecule has 2 aliphatic heterocycles. The predicted octanol–water partition coefficient (Wildman–Crippen LogP) is 7.44. The SMILES string of the molecule is CC[C@]1(C)Cc2nn(-c3cc(C)c(F)c(C)c3)c(-n3ccn(-c4ccc5c(cnn5C)c4F)c3=O)c2CN1C(=O)c1cc2cc([C@@H]3CCOC(C)(C)C3)cnc2n1[C@@]1(c2noc(=O)[nH]2)C[C@@H]1C. The molecule has 4 atom stereocenters. The van der Waals surface area contributed by atoms with Crippen LogP contribution < -0.4 is 11.4 Å². The molecule has 16 nitrogen and oxygen atoms in total. The summed E-state index contributed by atoms with van der Waals surface area (Å²) in [5.41, 5.74) is 2.54. The van der Waals surface area contributed by atoms with Crippen molar-refractivity contribution in [3.8, 4) is 17.2 Å². The Morgan fingerprint density at radius 3 is 2.42 bits per heavy atom. The Labute approximate surface area is 382 Å². The van der Waals surface area contributed by atoms with Crippen molar-refractivity contribution >= 4 is 27.8 Å². The molecule has 0 radical (unpaired) electrons. The van der Waals surface area contributed by atoms with Gasteiger partial charge in [-0.1, -0.05) is 19.0 Å². The van der Waals surface area contributed by atoms with Crippen molar-refractivity contribution in [3.05, 3.63) is 133 Å². The van der Waals surface area contributed by atoms with Gasteiger partial charge in [-0.15, -0.1) is 0 Å². The van der Waals surface area contributed by atoms with Crippen LogP contribution in [-0.2, 0) is 30.3 Å². The van der Waals surface area contributed by atoms with Gasteiger partial charge in [0.25, 0.3) is 5.91 Å². The third-order valence-electron chi connectivity index (χ3n) is 14.9. The zero-order valence-electron chi connectivity index (χ0n) is 38.6. The fourth-order valence-electron chi connectivity index (χ4n) is 10.9. The summed E-state index contributed by atoms with van der Waals surface area (Å²) in [6.45, 7) is 14.3. The highest BCUT2D eigenvalue weighted by molar-refractivity contribution is 5.99. The molecule has 1 N–H and O–H groups in total. The van der Waals surface area contributed by atoms with Crippen molar-refractivity contribution < 1.29 is 22.8 Å². The molecule has 1 saturated carbocycles. The number of rotatable bonds is 8. The molecular formula is C49H51F2N11O5. The van der Waals surface area contributed by atoms with E-state index in [0.29, 0.717) is 82.4 Å². The van der Waals surface area contributed by atoms with Crippen molar-refractivity contribution in [1.29, 1.82) is 0 Å². The molecule has 1 amide bonds. The van der Waals surface area contributed by atoms with Gasteiger partial charge < -0.3 is 14.2 Å². The number of pyridine rings is 1. The van der Waals surface area contributed by atoms with E-state index in [1.165, 1.54) is 21.5 Å². The van der Waals surface area contributed by atoms with Crippen LogP contribution in [0.5, 0.6) is 0 Å². The highest BCUT2D eigenvalue weighted by Gasteiger charge is 2.60. The van der Waals surface area contributed by atoms with Gasteiger partial charge >= 0.3 is 11.4 Å². The maximum atomic E-state index is 16.2. The lowest BCUT2D eigenvalue weighted by Crippen LogP contribution is -2.53. The number of benzene rings is 2. The number of fused-ring (bicyclic) bond motifs is 3. The van der Waals surface area contributed by atoms with Crippen molar-refractivity contribution in [3.63, 3.8) is 0 Å². The van der Waals surface area contributed by atoms with Crippen LogP contribution in [-0.4, -0.2) is 76.9 Å². The lowest BCUT2D eigenvalue weighted by molar-refractivity contribution is -0.0593. The number of ether oxygens (including phenoxy) is 1. The molecule has 346 valence electrons. The molecule has 2 aromatic carbocycles. The van der Waals surface area contributed by atoms with Gasteiger partial charge in [-0.05, 0) is 125 Å². The largest absolute Gasteiger partial charge is 0.438 e. The van der Waals surface area contributed by atoms with Crippen LogP contribution in [0, 0.1) is 31.4 Å². The first-order valence-corrected chi connectivity index (χ1v) is 22.8. The number of hydrogen-bond acceptors (Lipinski definition) is 9. The second kappa shape index (κ2) is 14.8. The molecule has 0 bridgehead atoms. The number of aromatic amines is 1. The quantitative estimate of drug-likeness (QED) is 0.163. The van der Waals surface area contributed by atoms with E-state index in [1.54, 1.807) is 60.7 Å². The summed E-state index contributed by atoms with van der Waals surface area (Å²) in [5.74, 6) is -1.16. The number of amides is 1. The monoisotopic (exact) mass is 911 g/mol. The van der Waals surface area contributed by atoms with Gasteiger partial charge in [-0.25, -0.2) is 28.0 Å². The van der Waals surface area contributed by atoms with Crippen molar-refractivity contribution in [2.45, 2.75) is 110 Å². The topological polar surface area (TPSA) is 169 Å². The smallest absolute Gasteiger partial charge is 0.376 e. The van der Waals surface area contributed by atoms with Crippen LogP contribution in [0.15, 0.2) is 75.3 Å². The number of nitrogens with zero attached hydrogens (tertiary/aromatic N) is 10. The number of nitrogens with one attached hydrogen (secondary N) is 1. The van der Waals surface area contributed by atoms with Gasteiger partial charge in [-0.2, -0.15) is 10.2 Å². The zero-order valence-corrected chi connectivity index (χ0v) is 38.6. The molecule has 3 aliphatic rings. The van der Waals surface area contributed by atoms with Crippen LogP contribution in [0.1, 0.15) is 110 Å². The van der Waals surface area contributed by atoms with Gasteiger partial charge in [0.2, 0.25) is 0 Å². The van der Waals surface area contributed by atoms with Crippen LogP contribution in [0.4, 0.5) is 8.78 Å². The van der Waals surface area contributed by atoms with E-state index < -0.39 is 28.3 Å². The summed E-state index contributed by atoms with van der Waals surface area (Å²) < 4.78 is 50.3. The summed E-state index contributed by atoms with van der Waals surface area (Å²) in [4.78, 5) is 52.8. The molecule has 67 heavy (non-hydrogen) atoms. The first-order chi connectivity index (χ1) is 31.9. The minimum Gasteiger partial charge on any atom is -0.376 e. The number of carbonyl (C=O) groups excluding carboxylic acids is 1. The molecule has 6 aromatic heterocycles. The predicted molar refractivity (Wildman–Crippen MR) is 244 cm³/mol. The molecule has 11 rings (SSSR count). The van der Waals surface area contributed by atoms with Gasteiger partial charge in [0.1, 0.15) is 28.5 Å². The molecule has 8 heterocycles. The first-order valence-electron chi connectivity index (χ1n) is 22.8. The summed E-state index contributed by atoms with van der Waals surface area (Å²) in [7, 11) is 1.72. The Morgan fingerprint density at radius 1 is 0.985 bits per heavy atom. The van der Waals surface area contributed by atoms with Crippen molar-refractivity contribution in [1.82, 2.24) is 53.3 Å². The second-order valence-electron chi connectivity index (χ2n) is 19.7. The maximum Gasteiger partial charge on any atom is 0.438 e. The van der Waals surface area contributed by atoms with Crippen LogP contribution in [0.2, 0.25) is 0 Å². The Hall–Kier alpha value is -6.95. The second-order valence-corrected chi connectivity index (χ2v) is 19.7. The van der Waals surface area contributed by atoms with E-state index in [4.69, 9.17) is 19.3 Å². The highest BCUT2D eigenvalue weighted by atomic mass is 19.1. The van der Waals surface area contributed by atoms with Crippen LogP contribution in [0.25, 0.3) is 39.1 Å². The Bertz CT molecular complexity index is 3450. The van der Waals surface area contributed by atoms with E-state index in [2.05, 4.69) is 35.2 Å².